The summed E-state index contributed by atoms with van der Waals surface area (Å²) in [4.78, 5) is 13.1. The first-order valence-corrected chi connectivity index (χ1v) is 4.85. The molecular weight excluding hydrogens is 192 g/mol. The van der Waals surface area contributed by atoms with Gasteiger partial charge in [0.1, 0.15) is 0 Å². The SMILES string of the molecule is Cc1ccc2[nH]cc(CC[N+](=O)[O-])c2c1. The Labute approximate surface area is 87.1 Å². The van der Waals surface area contributed by atoms with E-state index in [0.717, 1.165) is 16.5 Å². The van der Waals surface area contributed by atoms with Crippen molar-refractivity contribution >= 4 is 10.9 Å². The Kier molecular flexibility index (Phi) is 2.41. The minimum atomic E-state index is -0.283. The van der Waals surface area contributed by atoms with Crippen LogP contribution >= 0.6 is 0 Å². The standard InChI is InChI=1S/C11H12N2O2/c1-8-2-3-11-10(6-8)9(7-12-11)4-5-13(14)15/h2-3,6-7,12H,4-5H2,1H3. The average molecular weight is 204 g/mol. The van der Waals surface area contributed by atoms with Crippen LogP contribution in [0.15, 0.2) is 24.4 Å². The van der Waals surface area contributed by atoms with Crippen molar-refractivity contribution in [1.29, 1.82) is 0 Å². The smallest absolute Gasteiger partial charge is 0.207 e. The van der Waals surface area contributed by atoms with E-state index in [-0.39, 0.29) is 11.5 Å². The van der Waals surface area contributed by atoms with E-state index in [0.29, 0.717) is 6.42 Å². The van der Waals surface area contributed by atoms with E-state index in [9.17, 15) is 10.1 Å². The Hall–Kier alpha value is -1.84. The molecule has 2 rings (SSSR count). The largest absolute Gasteiger partial charge is 0.361 e. The van der Waals surface area contributed by atoms with Gasteiger partial charge in [0.05, 0.1) is 0 Å². The summed E-state index contributed by atoms with van der Waals surface area (Å²) in [6.07, 6.45) is 2.34. The van der Waals surface area contributed by atoms with Crippen molar-refractivity contribution in [3.8, 4) is 0 Å². The Morgan fingerprint density at radius 1 is 1.47 bits per heavy atom. The topological polar surface area (TPSA) is 58.9 Å². The molecule has 0 atom stereocenters. The molecule has 0 saturated carbocycles. The van der Waals surface area contributed by atoms with E-state index in [1.165, 1.54) is 5.56 Å². The van der Waals surface area contributed by atoms with Crippen LogP contribution in [0.1, 0.15) is 11.1 Å². The molecule has 15 heavy (non-hydrogen) atoms. The van der Waals surface area contributed by atoms with Crippen LogP contribution in [0.25, 0.3) is 10.9 Å². The fourth-order valence-corrected chi connectivity index (χ4v) is 1.71. The van der Waals surface area contributed by atoms with Crippen LogP contribution in [0.4, 0.5) is 0 Å². The first-order valence-electron chi connectivity index (χ1n) is 4.85. The number of benzene rings is 1. The van der Waals surface area contributed by atoms with Gasteiger partial charge < -0.3 is 4.98 Å². The normalized spacial score (nSPS) is 10.7. The van der Waals surface area contributed by atoms with Crippen molar-refractivity contribution in [2.45, 2.75) is 13.3 Å². The predicted octanol–water partition coefficient (Wildman–Crippen LogP) is 2.30. The molecule has 4 heteroatoms. The zero-order valence-electron chi connectivity index (χ0n) is 8.49. The predicted molar refractivity (Wildman–Crippen MR) is 58.6 cm³/mol. The van der Waals surface area contributed by atoms with Gasteiger partial charge >= 0.3 is 0 Å². The number of hydrogen-bond acceptors (Lipinski definition) is 2. The number of hydrogen-bond donors (Lipinski definition) is 1. The van der Waals surface area contributed by atoms with Crippen LogP contribution in [0.2, 0.25) is 0 Å². The highest BCUT2D eigenvalue weighted by Crippen LogP contribution is 2.19. The minimum absolute atomic E-state index is 0.0130. The van der Waals surface area contributed by atoms with E-state index in [4.69, 9.17) is 0 Å². The third-order valence-corrected chi connectivity index (χ3v) is 2.49. The van der Waals surface area contributed by atoms with Crippen LogP contribution in [-0.2, 0) is 6.42 Å². The van der Waals surface area contributed by atoms with Gasteiger partial charge in [-0.05, 0) is 24.6 Å². The van der Waals surface area contributed by atoms with Crippen molar-refractivity contribution in [3.05, 3.63) is 45.6 Å². The minimum Gasteiger partial charge on any atom is -0.361 e. The molecule has 0 aliphatic rings. The Morgan fingerprint density at radius 3 is 3.00 bits per heavy atom. The molecule has 4 nitrogen and oxygen atoms in total. The van der Waals surface area contributed by atoms with E-state index >= 15 is 0 Å². The second-order valence-corrected chi connectivity index (χ2v) is 3.67. The third kappa shape index (κ3) is 1.98. The van der Waals surface area contributed by atoms with Crippen molar-refractivity contribution in [3.63, 3.8) is 0 Å². The fourth-order valence-electron chi connectivity index (χ4n) is 1.71. The number of nitrogens with one attached hydrogen (secondary N) is 1. The van der Waals surface area contributed by atoms with Gasteiger partial charge in [-0.25, -0.2) is 0 Å². The molecule has 2 aromatic rings. The summed E-state index contributed by atoms with van der Waals surface area (Å²) in [7, 11) is 0. The monoisotopic (exact) mass is 204 g/mol. The number of aryl methyl sites for hydroxylation is 1. The first kappa shape index (κ1) is 9.71. The lowest BCUT2D eigenvalue weighted by atomic mass is 10.1. The lowest BCUT2D eigenvalue weighted by Gasteiger charge is -1.96. The number of H-pyrrole nitrogens is 1. The van der Waals surface area contributed by atoms with E-state index in [2.05, 4.69) is 11.1 Å². The summed E-state index contributed by atoms with van der Waals surface area (Å²) >= 11 is 0. The second-order valence-electron chi connectivity index (χ2n) is 3.67. The molecule has 1 aromatic heterocycles. The van der Waals surface area contributed by atoms with Gasteiger partial charge in [-0.1, -0.05) is 11.6 Å². The highest BCUT2D eigenvalue weighted by Gasteiger charge is 2.06. The molecule has 0 radical (unpaired) electrons. The van der Waals surface area contributed by atoms with Gasteiger partial charge in [0.15, 0.2) is 0 Å². The summed E-state index contributed by atoms with van der Waals surface area (Å²) < 4.78 is 0. The molecule has 78 valence electrons. The van der Waals surface area contributed by atoms with Gasteiger partial charge in [-0.2, -0.15) is 0 Å². The summed E-state index contributed by atoms with van der Waals surface area (Å²) in [5, 5.41) is 11.4. The van der Waals surface area contributed by atoms with Crippen molar-refractivity contribution in [1.82, 2.24) is 4.98 Å². The summed E-state index contributed by atoms with van der Waals surface area (Å²) in [6, 6.07) is 6.08. The maximum absolute atomic E-state index is 10.3. The number of aromatic amines is 1. The molecule has 0 aliphatic heterocycles. The first-order chi connectivity index (χ1) is 7.16. The Bertz CT molecular complexity index is 502. The quantitative estimate of drug-likeness (QED) is 0.616. The number of rotatable bonds is 3. The zero-order valence-corrected chi connectivity index (χ0v) is 8.49. The molecular formula is C11H12N2O2. The van der Waals surface area contributed by atoms with Gasteiger partial charge in [0.25, 0.3) is 0 Å². The average Bonchev–Trinajstić information content (AvgIpc) is 2.57. The Morgan fingerprint density at radius 2 is 2.27 bits per heavy atom. The maximum atomic E-state index is 10.3. The van der Waals surface area contributed by atoms with Gasteiger partial charge in [0, 0.05) is 28.4 Å². The van der Waals surface area contributed by atoms with Crippen molar-refractivity contribution in [2.24, 2.45) is 0 Å². The van der Waals surface area contributed by atoms with Crippen LogP contribution in [0, 0.1) is 17.0 Å². The van der Waals surface area contributed by atoms with Crippen LogP contribution < -0.4 is 0 Å². The Balaban J connectivity index is 2.35. The molecule has 0 fully saturated rings. The second kappa shape index (κ2) is 3.73. The van der Waals surface area contributed by atoms with E-state index in [1.807, 2.05) is 25.3 Å². The molecule has 0 spiro atoms. The third-order valence-electron chi connectivity index (χ3n) is 2.49. The molecule has 1 aromatic carbocycles. The molecule has 1 heterocycles. The molecule has 0 unspecified atom stereocenters. The van der Waals surface area contributed by atoms with Crippen LogP contribution in [0.3, 0.4) is 0 Å². The fraction of sp³-hybridized carbons (Fsp3) is 0.273. The van der Waals surface area contributed by atoms with E-state index < -0.39 is 0 Å². The molecule has 1 N–H and O–H groups in total. The van der Waals surface area contributed by atoms with Gasteiger partial charge in [-0.15, -0.1) is 0 Å². The number of fused-ring (bicyclic) bond motifs is 1. The van der Waals surface area contributed by atoms with Crippen LogP contribution in [0.5, 0.6) is 0 Å². The maximum Gasteiger partial charge on any atom is 0.207 e. The van der Waals surface area contributed by atoms with Gasteiger partial charge in [-0.3, -0.25) is 10.1 Å². The molecule has 0 saturated heterocycles. The van der Waals surface area contributed by atoms with Crippen molar-refractivity contribution in [2.75, 3.05) is 6.54 Å². The molecule has 0 aliphatic carbocycles. The number of aromatic nitrogens is 1. The number of nitro groups is 1. The van der Waals surface area contributed by atoms with Crippen LogP contribution in [-0.4, -0.2) is 16.5 Å². The summed E-state index contributed by atoms with van der Waals surface area (Å²) in [5.41, 5.74) is 3.23. The van der Waals surface area contributed by atoms with E-state index in [1.54, 1.807) is 0 Å². The summed E-state index contributed by atoms with van der Waals surface area (Å²) in [6.45, 7) is 2.00. The number of nitrogens with zero attached hydrogens (tertiary/aromatic N) is 1. The highest BCUT2D eigenvalue weighted by molar-refractivity contribution is 5.83. The zero-order chi connectivity index (χ0) is 10.8. The highest BCUT2D eigenvalue weighted by atomic mass is 16.6. The van der Waals surface area contributed by atoms with Crippen molar-refractivity contribution < 1.29 is 4.92 Å². The molecule has 0 amide bonds. The summed E-state index contributed by atoms with van der Waals surface area (Å²) in [5.74, 6) is 0. The van der Waals surface area contributed by atoms with Gasteiger partial charge in [0.2, 0.25) is 6.54 Å². The lowest BCUT2D eigenvalue weighted by Crippen LogP contribution is -2.03. The molecule has 0 bridgehead atoms. The lowest BCUT2D eigenvalue weighted by molar-refractivity contribution is -0.479.